The van der Waals surface area contributed by atoms with Gasteiger partial charge in [0.2, 0.25) is 11.8 Å². The summed E-state index contributed by atoms with van der Waals surface area (Å²) in [5.41, 5.74) is 0.895. The number of carbonyl (C=O) groups excluding carboxylic acids is 2. The third-order valence-electron chi connectivity index (χ3n) is 5.50. The van der Waals surface area contributed by atoms with Crippen LogP contribution >= 0.6 is 0 Å². The Morgan fingerprint density at radius 3 is 2.52 bits per heavy atom. The van der Waals surface area contributed by atoms with Crippen molar-refractivity contribution >= 4 is 11.8 Å². The molecule has 1 saturated carbocycles. The van der Waals surface area contributed by atoms with Crippen LogP contribution in [0.2, 0.25) is 0 Å². The van der Waals surface area contributed by atoms with Crippen LogP contribution < -0.4 is 5.32 Å². The van der Waals surface area contributed by atoms with Gasteiger partial charge in [0.15, 0.2) is 0 Å². The van der Waals surface area contributed by atoms with Crippen LogP contribution in [0.15, 0.2) is 24.3 Å². The Hall–Kier alpha value is -1.91. The number of halogens is 1. The summed E-state index contributed by atoms with van der Waals surface area (Å²) in [4.78, 5) is 26.5. The van der Waals surface area contributed by atoms with Gasteiger partial charge in [-0.1, -0.05) is 25.5 Å². The summed E-state index contributed by atoms with van der Waals surface area (Å²) in [6, 6.07) is 6.18. The average Bonchev–Trinajstić information content (AvgIpc) is 3.46. The number of rotatable bonds is 6. The number of likely N-dealkylation sites (tertiary alicyclic amines) is 1. The average molecular weight is 346 g/mol. The van der Waals surface area contributed by atoms with Gasteiger partial charge in [-0.15, -0.1) is 0 Å². The summed E-state index contributed by atoms with van der Waals surface area (Å²) >= 11 is 0. The number of nitrogens with one attached hydrogen (secondary N) is 1. The first kappa shape index (κ1) is 17.9. The molecule has 0 radical (unpaired) electrons. The summed E-state index contributed by atoms with van der Waals surface area (Å²) in [6.45, 7) is 4.14. The summed E-state index contributed by atoms with van der Waals surface area (Å²) in [7, 11) is 0. The van der Waals surface area contributed by atoms with Crippen LogP contribution in [-0.4, -0.2) is 29.8 Å². The van der Waals surface area contributed by atoms with Crippen molar-refractivity contribution in [1.29, 1.82) is 0 Å². The topological polar surface area (TPSA) is 49.4 Å². The Kier molecular flexibility index (Phi) is 5.71. The molecule has 3 rings (SSSR count). The van der Waals surface area contributed by atoms with Crippen LogP contribution in [0.5, 0.6) is 0 Å². The van der Waals surface area contributed by atoms with Crippen molar-refractivity contribution in [3.8, 4) is 0 Å². The highest BCUT2D eigenvalue weighted by atomic mass is 19.1. The minimum Gasteiger partial charge on any atom is -0.352 e. The van der Waals surface area contributed by atoms with Gasteiger partial charge >= 0.3 is 0 Å². The van der Waals surface area contributed by atoms with Crippen LogP contribution in [-0.2, 0) is 16.1 Å². The summed E-state index contributed by atoms with van der Waals surface area (Å²) < 4.78 is 12.9. The number of nitrogens with zero attached hydrogens (tertiary/aromatic N) is 1. The molecule has 2 aliphatic rings. The molecule has 2 fully saturated rings. The minimum absolute atomic E-state index is 0.0368. The Bertz CT molecular complexity index is 613. The van der Waals surface area contributed by atoms with Crippen LogP contribution in [0.25, 0.3) is 0 Å². The monoisotopic (exact) mass is 346 g/mol. The van der Waals surface area contributed by atoms with Crippen molar-refractivity contribution in [2.24, 2.45) is 17.8 Å². The molecule has 25 heavy (non-hydrogen) atoms. The second kappa shape index (κ2) is 7.98. The molecule has 0 bridgehead atoms. The molecule has 4 nitrogen and oxygen atoms in total. The second-order valence-corrected chi connectivity index (χ2v) is 7.38. The van der Waals surface area contributed by atoms with Gasteiger partial charge in [0.1, 0.15) is 5.82 Å². The molecule has 1 N–H and O–H groups in total. The fraction of sp³-hybridized carbons (Fsp3) is 0.600. The Balaban J connectivity index is 1.47. The lowest BCUT2D eigenvalue weighted by atomic mass is 9.81. The number of amides is 2. The van der Waals surface area contributed by atoms with E-state index in [9.17, 15) is 14.0 Å². The number of hydrogen-bond acceptors (Lipinski definition) is 2. The van der Waals surface area contributed by atoms with Crippen molar-refractivity contribution in [2.45, 2.75) is 45.6 Å². The van der Waals surface area contributed by atoms with E-state index in [4.69, 9.17) is 0 Å². The smallest absolute Gasteiger partial charge is 0.225 e. The Labute approximate surface area is 148 Å². The molecule has 1 heterocycles. The lowest BCUT2D eigenvalue weighted by molar-refractivity contribution is -0.135. The Morgan fingerprint density at radius 2 is 1.88 bits per heavy atom. The fourth-order valence-electron chi connectivity index (χ4n) is 3.71. The molecule has 0 unspecified atom stereocenters. The maximum atomic E-state index is 12.9. The van der Waals surface area contributed by atoms with Gasteiger partial charge in [-0.05, 0) is 48.8 Å². The molecule has 5 heteroatoms. The molecule has 1 saturated heterocycles. The zero-order valence-electron chi connectivity index (χ0n) is 14.8. The van der Waals surface area contributed by atoms with Gasteiger partial charge in [-0.25, -0.2) is 4.39 Å². The van der Waals surface area contributed by atoms with Crippen molar-refractivity contribution < 1.29 is 14.0 Å². The van der Waals surface area contributed by atoms with E-state index in [1.54, 1.807) is 12.1 Å². The number of carbonyl (C=O) groups is 2. The lowest BCUT2D eigenvalue weighted by Crippen LogP contribution is -2.45. The fourth-order valence-corrected chi connectivity index (χ4v) is 3.71. The highest BCUT2D eigenvalue weighted by Gasteiger charge is 2.37. The summed E-state index contributed by atoms with van der Waals surface area (Å²) in [6.07, 6.45) is 4.49. The molecule has 1 aromatic carbocycles. The summed E-state index contributed by atoms with van der Waals surface area (Å²) in [5.74, 6) is 1.09. The molecular weight excluding hydrogens is 319 g/mol. The molecule has 1 aliphatic carbocycles. The van der Waals surface area contributed by atoms with E-state index in [2.05, 4.69) is 12.2 Å². The van der Waals surface area contributed by atoms with Gasteiger partial charge in [-0.2, -0.15) is 0 Å². The van der Waals surface area contributed by atoms with Crippen molar-refractivity contribution in [2.75, 3.05) is 13.1 Å². The Morgan fingerprint density at radius 1 is 1.16 bits per heavy atom. The molecule has 2 atom stereocenters. The first-order valence-corrected chi connectivity index (χ1v) is 9.36. The third kappa shape index (κ3) is 4.80. The van der Waals surface area contributed by atoms with Crippen LogP contribution in [0.3, 0.4) is 0 Å². The zero-order valence-corrected chi connectivity index (χ0v) is 14.8. The predicted molar refractivity (Wildman–Crippen MR) is 94.1 cm³/mol. The van der Waals surface area contributed by atoms with Crippen LogP contribution in [0.1, 0.15) is 44.6 Å². The molecular formula is C20H27FN2O2. The number of piperidine rings is 1. The lowest BCUT2D eigenvalue weighted by Gasteiger charge is -2.38. The van der Waals surface area contributed by atoms with Crippen LogP contribution in [0.4, 0.5) is 4.39 Å². The van der Waals surface area contributed by atoms with E-state index in [0.717, 1.165) is 44.3 Å². The maximum absolute atomic E-state index is 12.9. The van der Waals surface area contributed by atoms with Crippen molar-refractivity contribution in [3.63, 3.8) is 0 Å². The zero-order chi connectivity index (χ0) is 17.8. The van der Waals surface area contributed by atoms with Gasteiger partial charge in [-0.3, -0.25) is 9.59 Å². The van der Waals surface area contributed by atoms with Gasteiger partial charge < -0.3 is 10.2 Å². The standard InChI is InChI=1S/C20H27FN2O2/c1-2-15-13-23(20(25)16-5-6-16)10-9-17(15)11-19(24)22-12-14-3-7-18(21)8-4-14/h3-4,7-8,15-17H,2,5-6,9-13H2,1H3,(H,22,24)/t15-,17-/m0/s1. The van der Waals surface area contributed by atoms with E-state index >= 15 is 0 Å². The van der Waals surface area contributed by atoms with Gasteiger partial charge in [0, 0.05) is 32.0 Å². The van der Waals surface area contributed by atoms with E-state index < -0.39 is 0 Å². The first-order chi connectivity index (χ1) is 12.1. The predicted octanol–water partition coefficient (Wildman–Crippen LogP) is 3.12. The third-order valence-corrected chi connectivity index (χ3v) is 5.50. The van der Waals surface area contributed by atoms with Gasteiger partial charge in [0.05, 0.1) is 0 Å². The second-order valence-electron chi connectivity index (χ2n) is 7.38. The van der Waals surface area contributed by atoms with Gasteiger partial charge in [0.25, 0.3) is 0 Å². The summed E-state index contributed by atoms with van der Waals surface area (Å²) in [5, 5.41) is 2.93. The molecule has 0 aromatic heterocycles. The van der Waals surface area contributed by atoms with E-state index in [1.807, 2.05) is 4.90 Å². The van der Waals surface area contributed by atoms with Crippen LogP contribution in [0, 0.1) is 23.6 Å². The highest BCUT2D eigenvalue weighted by Crippen LogP contribution is 2.35. The number of hydrogen-bond donors (Lipinski definition) is 1. The van der Waals surface area contributed by atoms with E-state index in [0.29, 0.717) is 30.7 Å². The number of benzene rings is 1. The van der Waals surface area contributed by atoms with Crippen molar-refractivity contribution in [3.05, 3.63) is 35.6 Å². The van der Waals surface area contributed by atoms with E-state index in [-0.39, 0.29) is 17.6 Å². The quantitative estimate of drug-likeness (QED) is 0.860. The largest absolute Gasteiger partial charge is 0.352 e. The normalized spacial score (nSPS) is 23.4. The molecule has 136 valence electrons. The first-order valence-electron chi connectivity index (χ1n) is 9.36. The maximum Gasteiger partial charge on any atom is 0.225 e. The minimum atomic E-state index is -0.270. The highest BCUT2D eigenvalue weighted by molar-refractivity contribution is 5.81. The van der Waals surface area contributed by atoms with Crippen molar-refractivity contribution in [1.82, 2.24) is 10.2 Å². The van der Waals surface area contributed by atoms with E-state index in [1.165, 1.54) is 12.1 Å². The SMILES string of the molecule is CC[C@H]1CN(C(=O)C2CC2)CC[C@H]1CC(=O)NCc1ccc(F)cc1. The molecule has 1 aliphatic heterocycles. The molecule has 0 spiro atoms. The molecule has 2 amide bonds. The molecule has 1 aromatic rings.